The zero-order chi connectivity index (χ0) is 14.1. The van der Waals surface area contributed by atoms with Crippen LogP contribution in [0.15, 0.2) is 39.7 Å². The van der Waals surface area contributed by atoms with Crippen LogP contribution in [0.1, 0.15) is 16.8 Å². The van der Waals surface area contributed by atoms with Crippen molar-refractivity contribution in [2.24, 2.45) is 0 Å². The average Bonchev–Trinajstić information content (AvgIpc) is 2.80. The largest absolute Gasteiger partial charge is 0.245 e. The predicted octanol–water partition coefficient (Wildman–Crippen LogP) is 4.33. The molecule has 3 aromatic rings. The Morgan fingerprint density at radius 1 is 1.20 bits per heavy atom. The first-order valence-corrected chi connectivity index (χ1v) is 7.72. The third-order valence-corrected chi connectivity index (χ3v) is 4.97. The number of fused-ring (bicyclic) bond motifs is 1. The molecule has 2 aromatic heterocycles. The highest BCUT2D eigenvalue weighted by molar-refractivity contribution is 8.01. The molecule has 5 heteroatoms. The van der Waals surface area contributed by atoms with Gasteiger partial charge < -0.3 is 0 Å². The number of nitriles is 1. The number of hydrogen-bond acceptors (Lipinski definition) is 5. The Hall–Kier alpha value is -1.90. The molecule has 0 spiro atoms. The zero-order valence-corrected chi connectivity index (χ0v) is 12.7. The van der Waals surface area contributed by atoms with E-state index >= 15 is 0 Å². The molecule has 0 radical (unpaired) electrons. The van der Waals surface area contributed by atoms with Gasteiger partial charge in [-0.3, -0.25) is 0 Å². The third kappa shape index (κ3) is 2.40. The van der Waals surface area contributed by atoms with Crippen LogP contribution in [0.25, 0.3) is 10.2 Å². The fraction of sp³-hybridized carbons (Fsp3) is 0.133. The van der Waals surface area contributed by atoms with Crippen molar-refractivity contribution in [1.82, 2.24) is 9.97 Å². The van der Waals surface area contributed by atoms with E-state index < -0.39 is 0 Å². The molecule has 1 aromatic carbocycles. The summed E-state index contributed by atoms with van der Waals surface area (Å²) in [6.45, 7) is 3.88. The van der Waals surface area contributed by atoms with Gasteiger partial charge in [-0.15, -0.1) is 11.3 Å². The van der Waals surface area contributed by atoms with Crippen LogP contribution in [0, 0.1) is 25.2 Å². The Labute approximate surface area is 125 Å². The van der Waals surface area contributed by atoms with Gasteiger partial charge in [0.25, 0.3) is 0 Å². The maximum atomic E-state index is 9.29. The second-order valence-electron chi connectivity index (χ2n) is 4.42. The van der Waals surface area contributed by atoms with Gasteiger partial charge >= 0.3 is 0 Å². The van der Waals surface area contributed by atoms with Crippen molar-refractivity contribution in [3.05, 3.63) is 47.2 Å². The summed E-state index contributed by atoms with van der Waals surface area (Å²) < 4.78 is 2.07. The number of hydrogen-bond donors (Lipinski definition) is 0. The summed E-state index contributed by atoms with van der Waals surface area (Å²) in [6.07, 6.45) is 0. The molecule has 20 heavy (non-hydrogen) atoms. The predicted molar refractivity (Wildman–Crippen MR) is 82.2 cm³/mol. The second kappa shape index (κ2) is 5.23. The highest BCUT2D eigenvalue weighted by Gasteiger charge is 2.12. The van der Waals surface area contributed by atoms with Crippen LogP contribution in [-0.4, -0.2) is 9.97 Å². The lowest BCUT2D eigenvalue weighted by Gasteiger charge is -2.05. The van der Waals surface area contributed by atoms with Crippen molar-refractivity contribution in [1.29, 1.82) is 5.26 Å². The minimum Gasteiger partial charge on any atom is -0.245 e. The van der Waals surface area contributed by atoms with E-state index in [-0.39, 0.29) is 0 Å². The molecule has 0 N–H and O–H groups in total. The van der Waals surface area contributed by atoms with Crippen LogP contribution in [0.5, 0.6) is 0 Å². The van der Waals surface area contributed by atoms with Crippen LogP contribution >= 0.6 is 23.1 Å². The molecule has 98 valence electrons. The van der Waals surface area contributed by atoms with Crippen molar-refractivity contribution >= 4 is 33.3 Å². The molecule has 2 heterocycles. The first-order chi connectivity index (χ1) is 9.67. The highest BCUT2D eigenvalue weighted by atomic mass is 32.2. The molecule has 0 aliphatic rings. The Morgan fingerprint density at radius 3 is 2.75 bits per heavy atom. The molecule has 0 aliphatic heterocycles. The van der Waals surface area contributed by atoms with E-state index in [1.165, 1.54) is 11.8 Å². The first-order valence-electron chi connectivity index (χ1n) is 6.09. The molecule has 0 saturated carbocycles. The van der Waals surface area contributed by atoms with Crippen LogP contribution in [-0.2, 0) is 0 Å². The third-order valence-electron chi connectivity index (χ3n) is 2.88. The normalized spacial score (nSPS) is 10.7. The van der Waals surface area contributed by atoms with E-state index in [0.717, 1.165) is 30.8 Å². The molecule has 3 rings (SSSR count). The van der Waals surface area contributed by atoms with Crippen molar-refractivity contribution in [3.8, 4) is 6.07 Å². The Bertz CT molecular complexity index is 798. The van der Waals surface area contributed by atoms with Gasteiger partial charge in [0.05, 0.1) is 15.8 Å². The maximum absolute atomic E-state index is 9.29. The number of aromatic nitrogens is 2. The molecule has 0 unspecified atom stereocenters. The average molecular weight is 297 g/mol. The summed E-state index contributed by atoms with van der Waals surface area (Å²) >= 11 is 3.09. The minimum absolute atomic E-state index is 0.639. The van der Waals surface area contributed by atoms with E-state index in [0.29, 0.717) is 5.56 Å². The summed E-state index contributed by atoms with van der Waals surface area (Å²) in [7, 11) is 0. The van der Waals surface area contributed by atoms with E-state index in [1.54, 1.807) is 11.3 Å². The molecule has 0 atom stereocenters. The number of thiazole rings is 1. The molecular weight excluding hydrogens is 286 g/mol. The molecule has 0 saturated heterocycles. The Morgan fingerprint density at radius 2 is 2.00 bits per heavy atom. The lowest BCUT2D eigenvalue weighted by atomic mass is 10.1. The van der Waals surface area contributed by atoms with E-state index in [4.69, 9.17) is 0 Å². The van der Waals surface area contributed by atoms with Crippen LogP contribution in [0.3, 0.4) is 0 Å². The molecular formula is C15H11N3S2. The number of pyridine rings is 1. The van der Waals surface area contributed by atoms with Gasteiger partial charge in [0.2, 0.25) is 0 Å². The fourth-order valence-electron chi connectivity index (χ4n) is 1.99. The van der Waals surface area contributed by atoms with Crippen molar-refractivity contribution in [2.45, 2.75) is 23.2 Å². The van der Waals surface area contributed by atoms with Gasteiger partial charge in [-0.1, -0.05) is 12.1 Å². The monoisotopic (exact) mass is 297 g/mol. The lowest BCUT2D eigenvalue weighted by Crippen LogP contribution is -1.93. The topological polar surface area (TPSA) is 49.6 Å². The molecule has 0 aliphatic carbocycles. The lowest BCUT2D eigenvalue weighted by molar-refractivity contribution is 1.03. The van der Waals surface area contributed by atoms with Gasteiger partial charge in [0.15, 0.2) is 4.34 Å². The SMILES string of the molecule is Cc1cc(C)c(C#N)c(Sc2nc3ccccc3s2)n1. The number of para-hydroxylation sites is 1. The summed E-state index contributed by atoms with van der Waals surface area (Å²) in [6, 6.07) is 12.2. The van der Waals surface area contributed by atoms with Gasteiger partial charge in [0.1, 0.15) is 11.1 Å². The van der Waals surface area contributed by atoms with Gasteiger partial charge in [-0.2, -0.15) is 5.26 Å². The highest BCUT2D eigenvalue weighted by Crippen LogP contribution is 2.35. The molecule has 0 fully saturated rings. The standard InChI is InChI=1S/C15H11N3S2/c1-9-7-10(2)17-14(11(9)8-16)20-15-18-12-5-3-4-6-13(12)19-15/h3-7H,1-2H3. The van der Waals surface area contributed by atoms with Crippen molar-refractivity contribution in [2.75, 3.05) is 0 Å². The van der Waals surface area contributed by atoms with E-state index in [2.05, 4.69) is 22.1 Å². The molecule has 3 nitrogen and oxygen atoms in total. The van der Waals surface area contributed by atoms with Crippen molar-refractivity contribution in [3.63, 3.8) is 0 Å². The second-order valence-corrected chi connectivity index (χ2v) is 6.69. The Kier molecular flexibility index (Phi) is 3.43. The van der Waals surface area contributed by atoms with Gasteiger partial charge in [-0.25, -0.2) is 9.97 Å². The summed E-state index contributed by atoms with van der Waals surface area (Å²) in [5, 5.41) is 10.0. The summed E-state index contributed by atoms with van der Waals surface area (Å²) in [4.78, 5) is 9.05. The van der Waals surface area contributed by atoms with Gasteiger partial charge in [-0.05, 0) is 49.4 Å². The number of aryl methyl sites for hydroxylation is 2. The minimum atomic E-state index is 0.639. The van der Waals surface area contributed by atoms with E-state index in [1.807, 2.05) is 38.1 Å². The Balaban J connectivity index is 2.05. The number of nitrogens with zero attached hydrogens (tertiary/aromatic N) is 3. The smallest absolute Gasteiger partial charge is 0.157 e. The quantitative estimate of drug-likeness (QED) is 0.706. The molecule has 0 amide bonds. The number of benzene rings is 1. The van der Waals surface area contributed by atoms with Crippen molar-refractivity contribution < 1.29 is 0 Å². The van der Waals surface area contributed by atoms with Crippen LogP contribution in [0.2, 0.25) is 0 Å². The summed E-state index contributed by atoms with van der Waals surface area (Å²) in [5.41, 5.74) is 3.51. The van der Waals surface area contributed by atoms with Gasteiger partial charge in [0, 0.05) is 5.69 Å². The zero-order valence-electron chi connectivity index (χ0n) is 11.0. The first kappa shape index (κ1) is 13.1. The summed E-state index contributed by atoms with van der Waals surface area (Å²) in [5.74, 6) is 0. The van der Waals surface area contributed by atoms with Crippen LogP contribution in [0.4, 0.5) is 0 Å². The number of rotatable bonds is 2. The maximum Gasteiger partial charge on any atom is 0.157 e. The molecule has 0 bridgehead atoms. The fourth-order valence-corrected chi connectivity index (χ4v) is 4.17. The van der Waals surface area contributed by atoms with Crippen LogP contribution < -0.4 is 0 Å². The van der Waals surface area contributed by atoms with E-state index in [9.17, 15) is 5.26 Å².